The highest BCUT2D eigenvalue weighted by Crippen LogP contribution is 2.27. The first-order chi connectivity index (χ1) is 5.92. The smallest absolute Gasteiger partial charge is 0.190 e. The summed E-state index contributed by atoms with van der Waals surface area (Å²) in [6, 6.07) is 0. The van der Waals surface area contributed by atoms with Crippen LogP contribution in [0.3, 0.4) is 0 Å². The van der Waals surface area contributed by atoms with E-state index in [2.05, 4.69) is 29.3 Å². The minimum atomic E-state index is 0.397. The molecule has 2 aliphatic rings. The molecule has 2 rings (SSSR count). The van der Waals surface area contributed by atoms with Gasteiger partial charge in [0.2, 0.25) is 0 Å². The van der Waals surface area contributed by atoms with Crippen molar-refractivity contribution in [3.05, 3.63) is 24.3 Å². The molecule has 0 N–H and O–H groups in total. The Kier molecular flexibility index (Phi) is 1.98. The Bertz CT molecular complexity index is 253. The molecule has 2 atom stereocenters. The zero-order valence-corrected chi connectivity index (χ0v) is 7.23. The molecule has 2 heteroatoms. The molecule has 1 aliphatic carbocycles. The van der Waals surface area contributed by atoms with Gasteiger partial charge in [-0.25, -0.2) is 0 Å². The van der Waals surface area contributed by atoms with Crippen molar-refractivity contribution in [2.24, 2.45) is 16.8 Å². The predicted molar refractivity (Wildman–Crippen MR) is 49.2 cm³/mol. The molecule has 0 spiro atoms. The summed E-state index contributed by atoms with van der Waals surface area (Å²) in [7, 11) is 1.70. The van der Waals surface area contributed by atoms with Crippen molar-refractivity contribution >= 4 is 5.90 Å². The largest absolute Gasteiger partial charge is 0.484 e. The molecule has 0 saturated carbocycles. The van der Waals surface area contributed by atoms with Crippen LogP contribution in [0.5, 0.6) is 0 Å². The summed E-state index contributed by atoms with van der Waals surface area (Å²) in [5.74, 6) is 1.91. The van der Waals surface area contributed by atoms with Gasteiger partial charge in [0.15, 0.2) is 5.90 Å². The predicted octanol–water partition coefficient (Wildman–Crippen LogP) is 1.79. The molecule has 2 nitrogen and oxygen atoms in total. The Morgan fingerprint density at radius 1 is 1.42 bits per heavy atom. The Hall–Kier alpha value is -1.05. The summed E-state index contributed by atoms with van der Waals surface area (Å²) in [5, 5.41) is 0. The van der Waals surface area contributed by atoms with Gasteiger partial charge in [-0.05, 0) is 12.3 Å². The highest BCUT2D eigenvalue weighted by atomic mass is 16.5. The fourth-order valence-corrected chi connectivity index (χ4v) is 1.82. The zero-order chi connectivity index (χ0) is 8.39. The molecule has 2 unspecified atom stereocenters. The molecule has 0 amide bonds. The van der Waals surface area contributed by atoms with Crippen LogP contribution in [-0.2, 0) is 4.74 Å². The molecule has 1 aliphatic heterocycles. The minimum Gasteiger partial charge on any atom is -0.484 e. The third-order valence-corrected chi connectivity index (χ3v) is 2.47. The zero-order valence-electron chi connectivity index (χ0n) is 7.23. The van der Waals surface area contributed by atoms with E-state index in [0.717, 1.165) is 18.9 Å². The van der Waals surface area contributed by atoms with Crippen LogP contribution < -0.4 is 0 Å². The molecule has 64 valence electrons. The van der Waals surface area contributed by atoms with Gasteiger partial charge in [-0.1, -0.05) is 24.3 Å². The summed E-state index contributed by atoms with van der Waals surface area (Å²) < 4.78 is 5.23. The second-order valence-corrected chi connectivity index (χ2v) is 3.17. The van der Waals surface area contributed by atoms with Crippen molar-refractivity contribution in [2.75, 3.05) is 13.7 Å². The van der Waals surface area contributed by atoms with E-state index in [1.165, 1.54) is 0 Å². The fraction of sp³-hybridized carbons (Fsp3) is 0.500. The van der Waals surface area contributed by atoms with Crippen LogP contribution >= 0.6 is 0 Å². The topological polar surface area (TPSA) is 21.6 Å². The average molecular weight is 163 g/mol. The number of nitrogens with zero attached hydrogens (tertiary/aromatic N) is 1. The third kappa shape index (κ3) is 1.17. The van der Waals surface area contributed by atoms with Gasteiger partial charge in [-0.3, -0.25) is 4.99 Å². The molecule has 0 radical (unpaired) electrons. The highest BCUT2D eigenvalue weighted by Gasteiger charge is 2.27. The Morgan fingerprint density at radius 3 is 3.08 bits per heavy atom. The first-order valence-electron chi connectivity index (χ1n) is 4.35. The maximum Gasteiger partial charge on any atom is 0.190 e. The number of aliphatic imine (C=N–C) groups is 1. The molecular weight excluding hydrogens is 150 g/mol. The standard InChI is InChI=1S/C10H13NO/c1-12-10-9-5-3-2-4-8(9)6-7-11-10/h2-5,8-9H,6-7H2,1H3. The quantitative estimate of drug-likeness (QED) is 0.533. The lowest BCUT2D eigenvalue weighted by Gasteiger charge is -2.27. The van der Waals surface area contributed by atoms with Gasteiger partial charge >= 0.3 is 0 Å². The lowest BCUT2D eigenvalue weighted by Crippen LogP contribution is -2.28. The van der Waals surface area contributed by atoms with Crippen LogP contribution in [0.15, 0.2) is 29.3 Å². The van der Waals surface area contributed by atoms with Crippen molar-refractivity contribution in [1.82, 2.24) is 0 Å². The van der Waals surface area contributed by atoms with E-state index in [1.54, 1.807) is 7.11 Å². The van der Waals surface area contributed by atoms with Crippen LogP contribution in [-0.4, -0.2) is 19.6 Å². The number of hydrogen-bond donors (Lipinski definition) is 0. The summed E-state index contributed by atoms with van der Waals surface area (Å²) in [6.07, 6.45) is 9.75. The van der Waals surface area contributed by atoms with Crippen LogP contribution in [0.2, 0.25) is 0 Å². The molecule has 0 aromatic rings. The van der Waals surface area contributed by atoms with Crippen LogP contribution in [0.4, 0.5) is 0 Å². The Balaban J connectivity index is 2.23. The minimum absolute atomic E-state index is 0.397. The molecule has 0 fully saturated rings. The van der Waals surface area contributed by atoms with Crippen molar-refractivity contribution in [3.8, 4) is 0 Å². The van der Waals surface area contributed by atoms with Crippen LogP contribution in [0, 0.1) is 11.8 Å². The maximum absolute atomic E-state index is 5.23. The maximum atomic E-state index is 5.23. The number of fused-ring (bicyclic) bond motifs is 1. The number of ether oxygens (including phenoxy) is 1. The molecule has 0 aromatic carbocycles. The normalized spacial score (nSPS) is 32.6. The van der Waals surface area contributed by atoms with E-state index >= 15 is 0 Å². The molecule has 1 heterocycles. The van der Waals surface area contributed by atoms with Crippen molar-refractivity contribution in [1.29, 1.82) is 0 Å². The van der Waals surface area contributed by atoms with Gasteiger partial charge in [0.1, 0.15) is 0 Å². The number of rotatable bonds is 0. The highest BCUT2D eigenvalue weighted by molar-refractivity contribution is 5.82. The summed E-state index contributed by atoms with van der Waals surface area (Å²) in [6.45, 7) is 0.905. The number of methoxy groups -OCH3 is 1. The van der Waals surface area contributed by atoms with Gasteiger partial charge in [-0.15, -0.1) is 0 Å². The van der Waals surface area contributed by atoms with Gasteiger partial charge in [-0.2, -0.15) is 0 Å². The first kappa shape index (κ1) is 7.59. The van der Waals surface area contributed by atoms with Gasteiger partial charge < -0.3 is 4.74 Å². The second-order valence-electron chi connectivity index (χ2n) is 3.17. The second kappa shape index (κ2) is 3.13. The van der Waals surface area contributed by atoms with Crippen molar-refractivity contribution in [2.45, 2.75) is 6.42 Å². The Morgan fingerprint density at radius 2 is 2.25 bits per heavy atom. The number of hydrogen-bond acceptors (Lipinski definition) is 2. The lowest BCUT2D eigenvalue weighted by atomic mass is 9.84. The summed E-state index contributed by atoms with van der Waals surface area (Å²) >= 11 is 0. The van der Waals surface area contributed by atoms with E-state index in [0.29, 0.717) is 11.8 Å². The SMILES string of the molecule is COC1=NCCC2C=CC=CC12. The van der Waals surface area contributed by atoms with Crippen molar-refractivity contribution < 1.29 is 4.74 Å². The monoisotopic (exact) mass is 163 g/mol. The first-order valence-corrected chi connectivity index (χ1v) is 4.35. The van der Waals surface area contributed by atoms with E-state index < -0.39 is 0 Å². The Labute approximate surface area is 72.6 Å². The van der Waals surface area contributed by atoms with Crippen LogP contribution in [0.1, 0.15) is 6.42 Å². The number of allylic oxidation sites excluding steroid dienone is 3. The van der Waals surface area contributed by atoms with E-state index in [-0.39, 0.29) is 0 Å². The molecule has 12 heavy (non-hydrogen) atoms. The van der Waals surface area contributed by atoms with E-state index in [9.17, 15) is 0 Å². The third-order valence-electron chi connectivity index (χ3n) is 2.47. The van der Waals surface area contributed by atoms with Gasteiger partial charge in [0.05, 0.1) is 13.0 Å². The van der Waals surface area contributed by atoms with Gasteiger partial charge in [0, 0.05) is 6.54 Å². The van der Waals surface area contributed by atoms with Crippen molar-refractivity contribution in [3.63, 3.8) is 0 Å². The molecule has 0 saturated heterocycles. The van der Waals surface area contributed by atoms with Gasteiger partial charge in [0.25, 0.3) is 0 Å². The molecular formula is C10H13NO. The van der Waals surface area contributed by atoms with E-state index in [4.69, 9.17) is 4.74 Å². The lowest BCUT2D eigenvalue weighted by molar-refractivity contribution is 0.338. The molecule has 0 aromatic heterocycles. The van der Waals surface area contributed by atoms with E-state index in [1.807, 2.05) is 0 Å². The average Bonchev–Trinajstić information content (AvgIpc) is 2.17. The molecule has 0 bridgehead atoms. The van der Waals surface area contributed by atoms with Crippen LogP contribution in [0.25, 0.3) is 0 Å². The fourth-order valence-electron chi connectivity index (χ4n) is 1.82. The summed E-state index contributed by atoms with van der Waals surface area (Å²) in [5.41, 5.74) is 0. The summed E-state index contributed by atoms with van der Waals surface area (Å²) in [4.78, 5) is 4.34.